The number of methoxy groups -OCH3 is 1. The lowest BCUT2D eigenvalue weighted by Gasteiger charge is -2.26. The van der Waals surface area contributed by atoms with E-state index in [0.29, 0.717) is 0 Å². The molecule has 10 heteroatoms. The summed E-state index contributed by atoms with van der Waals surface area (Å²) >= 11 is 0. The van der Waals surface area contributed by atoms with Crippen molar-refractivity contribution in [1.82, 2.24) is 14.8 Å². The van der Waals surface area contributed by atoms with Crippen LogP contribution in [0, 0.1) is 11.3 Å². The third-order valence-electron chi connectivity index (χ3n) is 3.25. The molecule has 0 unspecified atom stereocenters. The molecule has 22 heavy (non-hydrogen) atoms. The van der Waals surface area contributed by atoms with Crippen LogP contribution in [0.2, 0.25) is 0 Å². The number of nitrogens with two attached hydrogens (primary N) is 1. The van der Waals surface area contributed by atoms with Crippen LogP contribution in [-0.4, -0.2) is 57.0 Å². The lowest BCUT2D eigenvalue weighted by Crippen LogP contribution is -2.51. The third kappa shape index (κ3) is 2.36. The molecule has 0 aliphatic carbocycles. The van der Waals surface area contributed by atoms with Crippen LogP contribution in [0.1, 0.15) is 0 Å². The van der Waals surface area contributed by atoms with Crippen molar-refractivity contribution in [2.45, 2.75) is 24.0 Å². The van der Waals surface area contributed by atoms with E-state index < -0.39 is 24.0 Å². The molecule has 0 bridgehead atoms. The van der Waals surface area contributed by atoms with E-state index in [-0.39, 0.29) is 17.9 Å². The predicted octanol–water partition coefficient (Wildman–Crippen LogP) is -2.15. The summed E-state index contributed by atoms with van der Waals surface area (Å²) in [7, 11) is 1.41. The van der Waals surface area contributed by atoms with Gasteiger partial charge in [-0.25, -0.2) is 9.98 Å². The number of nitrogens with zero attached hydrogens (tertiary/aromatic N) is 5. The van der Waals surface area contributed by atoms with Gasteiger partial charge >= 0.3 is 0 Å². The highest BCUT2D eigenvalue weighted by atomic mass is 16.6. The standard InChI is InChI=1S/C12H16N6O4/c1-3-15-11-10(14)16-6-17-18(11)12(5-13)9(20)8(19)7(22-12)4-21-2/h3,6-9,19-20H,1,4H2,2H3,(H2,14,16,17)/b15-11-/t7-,8-,9-,12-/m1/s1. The molecular formula is C12H16N6O4. The Kier molecular flexibility index (Phi) is 4.53. The van der Waals surface area contributed by atoms with E-state index >= 15 is 0 Å². The third-order valence-corrected chi connectivity index (χ3v) is 3.25. The lowest BCUT2D eigenvalue weighted by atomic mass is 10.0. The van der Waals surface area contributed by atoms with Crippen LogP contribution < -0.4 is 11.2 Å². The van der Waals surface area contributed by atoms with Gasteiger partial charge in [0.1, 0.15) is 30.7 Å². The molecule has 118 valence electrons. The minimum atomic E-state index is -2.01. The van der Waals surface area contributed by atoms with Crippen LogP contribution in [0.3, 0.4) is 0 Å². The van der Waals surface area contributed by atoms with Gasteiger partial charge in [0, 0.05) is 13.3 Å². The van der Waals surface area contributed by atoms with E-state index in [1.165, 1.54) is 13.3 Å². The van der Waals surface area contributed by atoms with Crippen LogP contribution in [0.25, 0.3) is 0 Å². The minimum absolute atomic E-state index is 0.0171. The molecule has 10 nitrogen and oxygen atoms in total. The van der Waals surface area contributed by atoms with Gasteiger partial charge in [-0.3, -0.25) is 0 Å². The second-order valence-electron chi connectivity index (χ2n) is 4.55. The maximum absolute atomic E-state index is 10.3. The van der Waals surface area contributed by atoms with Gasteiger partial charge in [0.15, 0.2) is 11.3 Å². The van der Waals surface area contributed by atoms with Crippen molar-refractivity contribution >= 4 is 5.82 Å². The summed E-state index contributed by atoms with van der Waals surface area (Å²) in [5, 5.41) is 33.8. The molecule has 1 aromatic heterocycles. The number of nitrogen functional groups attached to an aromatic ring is 1. The van der Waals surface area contributed by atoms with Gasteiger partial charge in [0.05, 0.1) is 6.61 Å². The van der Waals surface area contributed by atoms with Crippen molar-refractivity contribution in [3.05, 3.63) is 24.6 Å². The monoisotopic (exact) mass is 308 g/mol. The van der Waals surface area contributed by atoms with Gasteiger partial charge in [-0.2, -0.15) is 15.0 Å². The van der Waals surface area contributed by atoms with E-state index in [0.717, 1.165) is 11.0 Å². The van der Waals surface area contributed by atoms with E-state index in [1.807, 2.05) is 6.07 Å². The largest absolute Gasteiger partial charge is 0.387 e. The topological polar surface area (TPSA) is 152 Å². The molecule has 0 spiro atoms. The van der Waals surface area contributed by atoms with Crippen LogP contribution in [0.5, 0.6) is 0 Å². The van der Waals surface area contributed by atoms with Crippen molar-refractivity contribution in [3.8, 4) is 6.07 Å². The van der Waals surface area contributed by atoms with E-state index in [9.17, 15) is 15.5 Å². The van der Waals surface area contributed by atoms with E-state index in [4.69, 9.17) is 15.2 Å². The highest BCUT2D eigenvalue weighted by Crippen LogP contribution is 2.34. The SMILES string of the molecule is C=C/N=c1/c(N)ncnn1[C@]1(C#N)O[C@H](COC)[C@@H](O)[C@H]1O. The molecule has 2 heterocycles. The van der Waals surface area contributed by atoms with Crippen molar-refractivity contribution in [2.75, 3.05) is 19.5 Å². The summed E-state index contributed by atoms with van der Waals surface area (Å²) in [6.45, 7) is 3.43. The first-order chi connectivity index (χ1) is 10.5. The number of anilines is 1. The molecule has 4 atom stereocenters. The second-order valence-corrected chi connectivity index (χ2v) is 4.55. The molecule has 1 aliphatic heterocycles. The summed E-state index contributed by atoms with van der Waals surface area (Å²) in [6, 6.07) is 1.82. The lowest BCUT2D eigenvalue weighted by molar-refractivity contribution is -0.119. The van der Waals surface area contributed by atoms with Crippen molar-refractivity contribution in [1.29, 1.82) is 5.26 Å². The minimum Gasteiger partial charge on any atom is -0.387 e. The van der Waals surface area contributed by atoms with E-state index in [2.05, 4.69) is 21.7 Å². The smallest absolute Gasteiger partial charge is 0.281 e. The molecule has 0 aromatic carbocycles. The molecule has 1 aromatic rings. The first-order valence-corrected chi connectivity index (χ1v) is 6.31. The van der Waals surface area contributed by atoms with Crippen molar-refractivity contribution in [2.24, 2.45) is 4.99 Å². The number of aliphatic hydroxyl groups is 2. The molecule has 1 fully saturated rings. The number of aliphatic hydroxyl groups excluding tert-OH is 2. The van der Waals surface area contributed by atoms with E-state index in [1.54, 1.807) is 0 Å². The molecule has 1 saturated heterocycles. The Labute approximate surface area is 125 Å². The molecule has 0 radical (unpaired) electrons. The highest BCUT2D eigenvalue weighted by Gasteiger charge is 2.57. The summed E-state index contributed by atoms with van der Waals surface area (Å²) in [4.78, 5) is 7.66. The number of ether oxygens (including phenoxy) is 2. The zero-order chi connectivity index (χ0) is 16.3. The fourth-order valence-corrected chi connectivity index (χ4v) is 2.23. The molecule has 2 rings (SSSR count). The van der Waals surface area contributed by atoms with Crippen molar-refractivity contribution in [3.63, 3.8) is 0 Å². The Balaban J connectivity index is 2.63. The Morgan fingerprint density at radius 2 is 2.45 bits per heavy atom. The van der Waals surface area contributed by atoms with Gasteiger partial charge in [0.25, 0.3) is 5.72 Å². The predicted molar refractivity (Wildman–Crippen MR) is 72.5 cm³/mol. The van der Waals surface area contributed by atoms with Gasteiger partial charge < -0.3 is 25.4 Å². The van der Waals surface area contributed by atoms with Crippen LogP contribution in [0.4, 0.5) is 5.82 Å². The first-order valence-electron chi connectivity index (χ1n) is 6.31. The quantitative estimate of drug-likeness (QED) is 0.569. The average molecular weight is 308 g/mol. The Bertz CT molecular complexity index is 668. The summed E-state index contributed by atoms with van der Waals surface area (Å²) in [5.41, 5.74) is 3.68. The number of aromatic nitrogens is 3. The van der Waals surface area contributed by atoms with Gasteiger partial charge in [-0.05, 0) is 0 Å². The fraction of sp³-hybridized carbons (Fsp3) is 0.500. The summed E-state index contributed by atoms with van der Waals surface area (Å²) < 4.78 is 11.4. The van der Waals surface area contributed by atoms with Crippen LogP contribution in [-0.2, 0) is 15.2 Å². The van der Waals surface area contributed by atoms with Crippen LogP contribution >= 0.6 is 0 Å². The summed E-state index contributed by atoms with van der Waals surface area (Å²) in [5.74, 6) is -0.0370. The summed E-state index contributed by atoms with van der Waals surface area (Å²) in [6.07, 6.45) is -1.58. The Morgan fingerprint density at radius 1 is 1.73 bits per heavy atom. The molecule has 1 aliphatic rings. The zero-order valence-corrected chi connectivity index (χ0v) is 11.8. The Hall–Kier alpha value is -2.32. The fourth-order valence-electron chi connectivity index (χ4n) is 2.23. The molecule has 0 amide bonds. The first kappa shape index (κ1) is 16.1. The van der Waals surface area contributed by atoms with Gasteiger partial charge in [0.2, 0.25) is 0 Å². The average Bonchev–Trinajstić information content (AvgIpc) is 2.75. The second kappa shape index (κ2) is 6.20. The molecular weight excluding hydrogens is 292 g/mol. The molecule has 4 N–H and O–H groups in total. The normalized spacial score (nSPS) is 31.9. The van der Waals surface area contributed by atoms with Gasteiger partial charge in [-0.1, -0.05) is 6.58 Å². The number of hydrogen-bond acceptors (Lipinski definition) is 9. The van der Waals surface area contributed by atoms with Crippen LogP contribution in [0.15, 0.2) is 24.1 Å². The Morgan fingerprint density at radius 3 is 3.05 bits per heavy atom. The maximum atomic E-state index is 10.3. The number of rotatable bonds is 4. The zero-order valence-electron chi connectivity index (χ0n) is 11.8. The van der Waals surface area contributed by atoms with Crippen molar-refractivity contribution < 1.29 is 19.7 Å². The number of hydrogen-bond donors (Lipinski definition) is 3. The molecule has 0 saturated carbocycles. The highest BCUT2D eigenvalue weighted by molar-refractivity contribution is 5.23. The maximum Gasteiger partial charge on any atom is 0.281 e. The number of nitriles is 1. The van der Waals surface area contributed by atoms with Gasteiger partial charge in [-0.15, -0.1) is 0 Å².